The Morgan fingerprint density at radius 3 is 2.54 bits per heavy atom. The predicted octanol–water partition coefficient (Wildman–Crippen LogP) is 2.49. The van der Waals surface area contributed by atoms with Gasteiger partial charge in [0.05, 0.1) is 11.4 Å². The molecule has 10 heteroatoms. The second-order valence-electron chi connectivity index (χ2n) is 8.63. The summed E-state index contributed by atoms with van der Waals surface area (Å²) in [5, 5.41) is 8.92. The van der Waals surface area contributed by atoms with Crippen molar-refractivity contribution in [1.29, 1.82) is 0 Å². The molecule has 1 fully saturated rings. The first kappa shape index (κ1) is 23.2. The van der Waals surface area contributed by atoms with Crippen LogP contribution in [-0.4, -0.2) is 81.0 Å². The molecule has 5 rings (SSSR count). The second-order valence-corrected chi connectivity index (χ2v) is 9.57. The van der Waals surface area contributed by atoms with Crippen molar-refractivity contribution in [3.63, 3.8) is 0 Å². The summed E-state index contributed by atoms with van der Waals surface area (Å²) in [6.07, 6.45) is 1.00. The number of ether oxygens (including phenoxy) is 2. The van der Waals surface area contributed by atoms with E-state index in [1.807, 2.05) is 41.8 Å². The normalized spacial score (nSPS) is 17.4. The molecule has 0 aliphatic carbocycles. The van der Waals surface area contributed by atoms with Gasteiger partial charge >= 0.3 is 0 Å². The maximum absolute atomic E-state index is 12.9. The molecule has 3 heterocycles. The molecule has 3 aromatic rings. The van der Waals surface area contributed by atoms with Gasteiger partial charge in [-0.15, -0.1) is 10.2 Å². The average molecular weight is 494 g/mol. The lowest BCUT2D eigenvalue weighted by Crippen LogP contribution is -2.55. The Bertz CT molecular complexity index is 1240. The van der Waals surface area contributed by atoms with Crippen LogP contribution >= 0.6 is 11.8 Å². The fourth-order valence-electron chi connectivity index (χ4n) is 4.30. The van der Waals surface area contributed by atoms with Crippen LogP contribution in [0.4, 0.5) is 0 Å². The lowest BCUT2D eigenvalue weighted by Gasteiger charge is -2.37. The summed E-state index contributed by atoms with van der Waals surface area (Å²) in [4.78, 5) is 29.3. The number of aryl methyl sites for hydroxylation is 2. The first-order valence-corrected chi connectivity index (χ1v) is 12.5. The van der Waals surface area contributed by atoms with E-state index >= 15 is 0 Å². The van der Waals surface area contributed by atoms with Gasteiger partial charge in [-0.2, -0.15) is 0 Å². The third-order valence-corrected chi connectivity index (χ3v) is 7.11. The molecular weight excluding hydrogens is 466 g/mol. The highest BCUT2D eigenvalue weighted by Crippen LogP contribution is 2.31. The van der Waals surface area contributed by atoms with Gasteiger partial charge in [-0.1, -0.05) is 41.6 Å². The van der Waals surface area contributed by atoms with Crippen molar-refractivity contribution >= 4 is 23.6 Å². The highest BCUT2D eigenvalue weighted by Gasteiger charge is 2.33. The summed E-state index contributed by atoms with van der Waals surface area (Å²) >= 11 is 1.37. The van der Waals surface area contributed by atoms with Crippen LogP contribution in [0, 0.1) is 13.8 Å². The Hall–Kier alpha value is -3.53. The zero-order valence-corrected chi connectivity index (χ0v) is 20.5. The van der Waals surface area contributed by atoms with E-state index in [1.54, 1.807) is 22.2 Å². The third kappa shape index (κ3) is 4.97. The van der Waals surface area contributed by atoms with Crippen molar-refractivity contribution in [2.75, 3.05) is 38.5 Å². The van der Waals surface area contributed by atoms with Crippen molar-refractivity contribution in [2.24, 2.45) is 0 Å². The van der Waals surface area contributed by atoms with E-state index in [0.717, 1.165) is 11.3 Å². The van der Waals surface area contributed by atoms with Gasteiger partial charge in [-0.3, -0.25) is 14.2 Å². The number of carbonyl (C=O) groups excluding carboxylic acids is 2. The van der Waals surface area contributed by atoms with Crippen molar-refractivity contribution in [1.82, 2.24) is 24.6 Å². The molecule has 1 saturated heterocycles. The van der Waals surface area contributed by atoms with Crippen LogP contribution in [-0.2, 0) is 9.59 Å². The number of thioether (sulfide) groups is 1. The summed E-state index contributed by atoms with van der Waals surface area (Å²) in [6.45, 7) is 6.20. The lowest BCUT2D eigenvalue weighted by atomic mass is 10.1. The van der Waals surface area contributed by atoms with Gasteiger partial charge in [-0.25, -0.2) is 0 Å². The van der Waals surface area contributed by atoms with Crippen molar-refractivity contribution in [3.8, 4) is 17.2 Å². The van der Waals surface area contributed by atoms with E-state index in [0.29, 0.717) is 42.8 Å². The van der Waals surface area contributed by atoms with E-state index in [1.165, 1.54) is 17.3 Å². The minimum atomic E-state index is -0.667. The molecule has 35 heavy (non-hydrogen) atoms. The van der Waals surface area contributed by atoms with Crippen molar-refractivity contribution in [2.45, 2.75) is 25.1 Å². The largest absolute Gasteiger partial charge is 0.485 e. The van der Waals surface area contributed by atoms with Gasteiger partial charge in [0, 0.05) is 26.2 Å². The highest BCUT2D eigenvalue weighted by molar-refractivity contribution is 7.99. The van der Waals surface area contributed by atoms with E-state index in [2.05, 4.69) is 23.2 Å². The quantitative estimate of drug-likeness (QED) is 0.505. The predicted molar refractivity (Wildman–Crippen MR) is 131 cm³/mol. The Labute approximate surface area is 208 Å². The molecular formula is C25H27N5O4S. The summed E-state index contributed by atoms with van der Waals surface area (Å²) < 4.78 is 13.4. The lowest BCUT2D eigenvalue weighted by molar-refractivity contribution is -0.145. The van der Waals surface area contributed by atoms with Gasteiger partial charge in [0.15, 0.2) is 16.7 Å². The Morgan fingerprint density at radius 1 is 1.03 bits per heavy atom. The van der Waals surface area contributed by atoms with Crippen LogP contribution in [0.1, 0.15) is 11.1 Å². The number of para-hydroxylation sites is 2. The minimum absolute atomic E-state index is 0.0171. The van der Waals surface area contributed by atoms with E-state index < -0.39 is 6.10 Å². The maximum atomic E-state index is 12.9. The molecule has 1 aromatic heterocycles. The molecule has 0 saturated carbocycles. The number of carbonyl (C=O) groups is 2. The molecule has 0 spiro atoms. The number of benzene rings is 2. The summed E-state index contributed by atoms with van der Waals surface area (Å²) in [7, 11) is 0. The monoisotopic (exact) mass is 493 g/mol. The van der Waals surface area contributed by atoms with Gasteiger partial charge < -0.3 is 19.3 Å². The Morgan fingerprint density at radius 2 is 1.77 bits per heavy atom. The molecule has 1 atom stereocenters. The number of rotatable bonds is 5. The van der Waals surface area contributed by atoms with Gasteiger partial charge in [0.1, 0.15) is 12.9 Å². The number of nitrogens with zero attached hydrogens (tertiary/aromatic N) is 5. The van der Waals surface area contributed by atoms with Crippen molar-refractivity contribution in [3.05, 3.63) is 59.9 Å². The fourth-order valence-corrected chi connectivity index (χ4v) is 5.13. The number of fused-ring (bicyclic) bond motifs is 1. The second kappa shape index (κ2) is 9.99. The minimum Gasteiger partial charge on any atom is -0.485 e. The Balaban J connectivity index is 1.13. The van der Waals surface area contributed by atoms with Gasteiger partial charge in [0.25, 0.3) is 5.91 Å². The van der Waals surface area contributed by atoms with Crippen LogP contribution in [0.25, 0.3) is 5.69 Å². The van der Waals surface area contributed by atoms with Crippen LogP contribution in [0.15, 0.2) is 53.9 Å². The molecule has 0 N–H and O–H groups in total. The number of piperazine rings is 1. The fraction of sp³-hybridized carbons (Fsp3) is 0.360. The van der Waals surface area contributed by atoms with Crippen LogP contribution in [0.5, 0.6) is 11.5 Å². The first-order valence-electron chi connectivity index (χ1n) is 11.5. The van der Waals surface area contributed by atoms with Gasteiger partial charge in [0.2, 0.25) is 12.0 Å². The zero-order chi connectivity index (χ0) is 24.4. The van der Waals surface area contributed by atoms with E-state index in [4.69, 9.17) is 9.47 Å². The molecule has 2 amide bonds. The number of amides is 2. The molecule has 9 nitrogen and oxygen atoms in total. The molecule has 2 aliphatic heterocycles. The van der Waals surface area contributed by atoms with E-state index in [-0.39, 0.29) is 24.2 Å². The molecule has 0 unspecified atom stereocenters. The topological polar surface area (TPSA) is 89.8 Å². The summed E-state index contributed by atoms with van der Waals surface area (Å²) in [5.74, 6) is 1.40. The Kier molecular flexibility index (Phi) is 6.63. The maximum Gasteiger partial charge on any atom is 0.267 e. The molecule has 2 aromatic carbocycles. The van der Waals surface area contributed by atoms with Gasteiger partial charge in [-0.05, 0) is 37.6 Å². The number of hydrogen-bond donors (Lipinski definition) is 0. The highest BCUT2D eigenvalue weighted by atomic mass is 32.2. The third-order valence-electron chi connectivity index (χ3n) is 6.18. The van der Waals surface area contributed by atoms with Crippen molar-refractivity contribution < 1.29 is 19.1 Å². The van der Waals surface area contributed by atoms with E-state index in [9.17, 15) is 9.59 Å². The average Bonchev–Trinajstić information content (AvgIpc) is 3.35. The standard InChI is InChI=1S/C25H27N5O4S/c1-17-7-8-19(18(2)13-17)30-16-26-27-25(30)35-15-23(31)28-9-11-29(12-10-28)24(32)22-14-33-20-5-3-4-6-21(20)34-22/h3-8,13,16,22H,9-12,14-15H2,1-2H3/t22-/m1/s1. The number of aromatic nitrogens is 3. The first-order chi connectivity index (χ1) is 17.0. The molecule has 2 aliphatic rings. The van der Waals surface area contributed by atoms with Crippen LogP contribution in [0.3, 0.4) is 0 Å². The summed E-state index contributed by atoms with van der Waals surface area (Å²) in [6, 6.07) is 13.5. The zero-order valence-electron chi connectivity index (χ0n) is 19.7. The van der Waals surface area contributed by atoms with Crippen LogP contribution in [0.2, 0.25) is 0 Å². The summed E-state index contributed by atoms with van der Waals surface area (Å²) in [5.41, 5.74) is 3.31. The molecule has 0 radical (unpaired) electrons. The molecule has 182 valence electrons. The smallest absolute Gasteiger partial charge is 0.267 e. The number of hydrogen-bond acceptors (Lipinski definition) is 7. The SMILES string of the molecule is Cc1ccc(-n2cnnc2SCC(=O)N2CCN(C(=O)[C@H]3COc4ccccc4O3)CC2)c(C)c1. The van der Waals surface area contributed by atoms with Crippen LogP contribution < -0.4 is 9.47 Å². The molecule has 0 bridgehead atoms.